The monoisotopic (exact) mass is 237 g/mol. The van der Waals surface area contributed by atoms with Gasteiger partial charge in [-0.1, -0.05) is 0 Å². The Morgan fingerprint density at radius 2 is 2.18 bits per heavy atom. The van der Waals surface area contributed by atoms with E-state index in [4.69, 9.17) is 15.2 Å². The first kappa shape index (κ1) is 12.3. The first-order chi connectivity index (χ1) is 8.38. The van der Waals surface area contributed by atoms with E-state index < -0.39 is 0 Å². The van der Waals surface area contributed by atoms with E-state index in [1.165, 1.54) is 0 Å². The lowest BCUT2D eigenvalue weighted by molar-refractivity contribution is 0.0322. The molecule has 0 aliphatic carbocycles. The van der Waals surface area contributed by atoms with Gasteiger partial charge in [0.2, 0.25) is 0 Å². The van der Waals surface area contributed by atoms with Crippen LogP contribution < -0.4 is 10.5 Å². The minimum atomic E-state index is 0.466. The molecule has 0 aromatic carbocycles. The average Bonchev–Trinajstić information content (AvgIpc) is 2.41. The van der Waals surface area contributed by atoms with Crippen LogP contribution in [0.15, 0.2) is 18.3 Å². The second-order valence-corrected chi connectivity index (χ2v) is 3.99. The van der Waals surface area contributed by atoms with Crippen LogP contribution in [0.25, 0.3) is 0 Å². The number of hydrogen-bond acceptors (Lipinski definition) is 5. The van der Waals surface area contributed by atoms with Crippen molar-refractivity contribution < 1.29 is 9.47 Å². The second-order valence-electron chi connectivity index (χ2n) is 3.99. The van der Waals surface area contributed by atoms with Crippen LogP contribution in [-0.2, 0) is 11.3 Å². The van der Waals surface area contributed by atoms with Crippen molar-refractivity contribution in [2.45, 2.75) is 6.54 Å². The first-order valence-electron chi connectivity index (χ1n) is 5.96. The van der Waals surface area contributed by atoms with E-state index in [0.717, 1.165) is 44.3 Å². The van der Waals surface area contributed by atoms with E-state index >= 15 is 0 Å². The molecule has 5 nitrogen and oxygen atoms in total. The van der Waals surface area contributed by atoms with Gasteiger partial charge in [-0.05, 0) is 12.1 Å². The lowest BCUT2D eigenvalue weighted by atomic mass is 10.3. The molecule has 2 rings (SSSR count). The Balaban J connectivity index is 1.69. The van der Waals surface area contributed by atoms with Gasteiger partial charge in [0, 0.05) is 26.2 Å². The van der Waals surface area contributed by atoms with Crippen LogP contribution in [0.4, 0.5) is 0 Å². The molecule has 1 aliphatic heterocycles. The van der Waals surface area contributed by atoms with Crippen molar-refractivity contribution in [3.8, 4) is 5.75 Å². The Labute approximate surface area is 102 Å². The number of aromatic nitrogens is 1. The summed E-state index contributed by atoms with van der Waals surface area (Å²) in [6.45, 7) is 5.72. The SMILES string of the molecule is NCc1ccc(OCCN2CCOCC2)cn1. The second kappa shape index (κ2) is 6.54. The molecule has 1 fully saturated rings. The van der Waals surface area contributed by atoms with Crippen LogP contribution in [0.2, 0.25) is 0 Å². The minimum Gasteiger partial charge on any atom is -0.491 e. The molecule has 1 aromatic heterocycles. The number of hydrogen-bond donors (Lipinski definition) is 1. The molecule has 0 amide bonds. The normalized spacial score (nSPS) is 17.0. The lowest BCUT2D eigenvalue weighted by Gasteiger charge is -2.26. The fourth-order valence-electron chi connectivity index (χ4n) is 1.73. The third-order valence-electron chi connectivity index (χ3n) is 2.79. The van der Waals surface area contributed by atoms with Crippen molar-refractivity contribution in [2.75, 3.05) is 39.5 Å². The Morgan fingerprint density at radius 1 is 1.35 bits per heavy atom. The van der Waals surface area contributed by atoms with Crippen LogP contribution >= 0.6 is 0 Å². The summed E-state index contributed by atoms with van der Waals surface area (Å²) in [5.74, 6) is 0.801. The zero-order chi connectivity index (χ0) is 11.9. The summed E-state index contributed by atoms with van der Waals surface area (Å²) in [4.78, 5) is 6.52. The van der Waals surface area contributed by atoms with Crippen LogP contribution in [0.3, 0.4) is 0 Å². The van der Waals surface area contributed by atoms with Gasteiger partial charge in [0.05, 0.1) is 25.1 Å². The van der Waals surface area contributed by atoms with Crippen molar-refractivity contribution >= 4 is 0 Å². The average molecular weight is 237 g/mol. The maximum absolute atomic E-state index is 5.62. The molecule has 1 aromatic rings. The van der Waals surface area contributed by atoms with Gasteiger partial charge >= 0.3 is 0 Å². The van der Waals surface area contributed by atoms with Crippen LogP contribution in [0, 0.1) is 0 Å². The van der Waals surface area contributed by atoms with Crippen molar-refractivity contribution in [2.24, 2.45) is 5.73 Å². The third-order valence-corrected chi connectivity index (χ3v) is 2.79. The van der Waals surface area contributed by atoms with Crippen molar-refractivity contribution in [3.05, 3.63) is 24.0 Å². The fraction of sp³-hybridized carbons (Fsp3) is 0.583. The minimum absolute atomic E-state index is 0.466. The van der Waals surface area contributed by atoms with E-state index in [0.29, 0.717) is 13.2 Å². The zero-order valence-electron chi connectivity index (χ0n) is 9.97. The Bertz CT molecular complexity index is 323. The molecular weight excluding hydrogens is 218 g/mol. The quantitative estimate of drug-likeness (QED) is 0.795. The third kappa shape index (κ3) is 3.96. The Morgan fingerprint density at radius 3 is 2.82 bits per heavy atom. The predicted octanol–water partition coefficient (Wildman–Crippen LogP) is 0.251. The Kier molecular flexibility index (Phi) is 4.73. The molecule has 1 aliphatic rings. The van der Waals surface area contributed by atoms with E-state index in [2.05, 4.69) is 9.88 Å². The molecule has 0 atom stereocenters. The molecule has 0 unspecified atom stereocenters. The lowest BCUT2D eigenvalue weighted by Crippen LogP contribution is -2.38. The van der Waals surface area contributed by atoms with Crippen LogP contribution in [0.1, 0.15) is 5.69 Å². The van der Waals surface area contributed by atoms with E-state index in [-0.39, 0.29) is 0 Å². The largest absolute Gasteiger partial charge is 0.491 e. The summed E-state index contributed by atoms with van der Waals surface area (Å²) in [6.07, 6.45) is 1.72. The molecule has 94 valence electrons. The molecule has 0 radical (unpaired) electrons. The van der Waals surface area contributed by atoms with Gasteiger partial charge in [0.15, 0.2) is 0 Å². The first-order valence-corrected chi connectivity index (χ1v) is 5.96. The zero-order valence-corrected chi connectivity index (χ0v) is 9.97. The summed E-state index contributed by atoms with van der Waals surface area (Å²) in [7, 11) is 0. The molecule has 0 bridgehead atoms. The molecule has 0 spiro atoms. The molecule has 5 heteroatoms. The van der Waals surface area contributed by atoms with E-state index in [1.54, 1.807) is 6.20 Å². The number of pyridine rings is 1. The van der Waals surface area contributed by atoms with Gasteiger partial charge in [0.1, 0.15) is 12.4 Å². The number of nitrogens with zero attached hydrogens (tertiary/aromatic N) is 2. The summed E-state index contributed by atoms with van der Waals surface area (Å²) in [5.41, 5.74) is 6.36. The number of morpholine rings is 1. The van der Waals surface area contributed by atoms with Gasteiger partial charge in [-0.2, -0.15) is 0 Å². The fourth-order valence-corrected chi connectivity index (χ4v) is 1.73. The summed E-state index contributed by atoms with van der Waals surface area (Å²) < 4.78 is 10.9. The summed E-state index contributed by atoms with van der Waals surface area (Å²) >= 11 is 0. The highest BCUT2D eigenvalue weighted by atomic mass is 16.5. The van der Waals surface area contributed by atoms with Crippen LogP contribution in [0.5, 0.6) is 5.75 Å². The molecule has 0 saturated carbocycles. The highest BCUT2D eigenvalue weighted by Gasteiger charge is 2.09. The standard InChI is InChI=1S/C12H19N3O2/c13-9-11-1-2-12(10-14-11)17-8-5-15-3-6-16-7-4-15/h1-2,10H,3-9,13H2. The number of nitrogens with two attached hydrogens (primary N) is 1. The number of ether oxygens (including phenoxy) is 2. The summed E-state index contributed by atoms with van der Waals surface area (Å²) in [5, 5.41) is 0. The predicted molar refractivity (Wildman–Crippen MR) is 64.9 cm³/mol. The smallest absolute Gasteiger partial charge is 0.137 e. The van der Waals surface area contributed by atoms with Gasteiger partial charge in [-0.3, -0.25) is 9.88 Å². The molecule has 17 heavy (non-hydrogen) atoms. The number of rotatable bonds is 5. The van der Waals surface area contributed by atoms with Crippen molar-refractivity contribution in [1.29, 1.82) is 0 Å². The Hall–Kier alpha value is -1.17. The van der Waals surface area contributed by atoms with Gasteiger partial charge in [-0.25, -0.2) is 0 Å². The maximum Gasteiger partial charge on any atom is 0.137 e. The molecule has 1 saturated heterocycles. The topological polar surface area (TPSA) is 60.6 Å². The summed E-state index contributed by atoms with van der Waals surface area (Å²) in [6, 6.07) is 3.80. The van der Waals surface area contributed by atoms with Crippen molar-refractivity contribution in [3.63, 3.8) is 0 Å². The van der Waals surface area contributed by atoms with Gasteiger partial charge in [0.25, 0.3) is 0 Å². The molecular formula is C12H19N3O2. The maximum atomic E-state index is 5.62. The van der Waals surface area contributed by atoms with Crippen LogP contribution in [-0.4, -0.2) is 49.3 Å². The highest BCUT2D eigenvalue weighted by molar-refractivity contribution is 5.19. The van der Waals surface area contributed by atoms with Gasteiger partial charge < -0.3 is 15.2 Å². The van der Waals surface area contributed by atoms with Crippen molar-refractivity contribution in [1.82, 2.24) is 9.88 Å². The molecule has 2 heterocycles. The van der Waals surface area contributed by atoms with E-state index in [1.807, 2.05) is 12.1 Å². The highest BCUT2D eigenvalue weighted by Crippen LogP contribution is 2.08. The van der Waals surface area contributed by atoms with E-state index in [9.17, 15) is 0 Å². The van der Waals surface area contributed by atoms with Gasteiger partial charge in [-0.15, -0.1) is 0 Å². The molecule has 2 N–H and O–H groups in total.